The van der Waals surface area contributed by atoms with E-state index in [1.165, 1.54) is 25.7 Å². The normalized spacial score (nSPS) is 12.2. The fourth-order valence-electron chi connectivity index (χ4n) is 1.98. The van der Waals surface area contributed by atoms with Gasteiger partial charge < -0.3 is 16.0 Å². The maximum Gasteiger partial charge on any atom is 1.00 e. The standard InChI is InChI=1S/C15H28O8S.K.H/c1-2-3-4-5-6-7-9-22-10-8-11-23-15(18)13(12-14(16)17)24(19,20)21;;/h13H,2-12H2,1H3,(H,16,17)(H,19,20,21);;/q;+1;-1. The molecular formula is C15H29KO8S. The molecule has 0 aromatic rings. The Hall–Kier alpha value is 0.446. The third kappa shape index (κ3) is 16.4. The minimum absolute atomic E-state index is 0. The first-order valence-corrected chi connectivity index (χ1v) is 9.71. The second kappa shape index (κ2) is 16.6. The van der Waals surface area contributed by atoms with Gasteiger partial charge in [0.15, 0.2) is 5.25 Å². The maximum atomic E-state index is 11.5. The summed E-state index contributed by atoms with van der Waals surface area (Å²) in [5, 5.41) is 6.45. The van der Waals surface area contributed by atoms with Gasteiger partial charge in [-0.3, -0.25) is 14.1 Å². The molecule has 10 heteroatoms. The molecule has 25 heavy (non-hydrogen) atoms. The van der Waals surface area contributed by atoms with E-state index in [1.807, 2.05) is 0 Å². The number of carbonyl (C=O) groups is 2. The van der Waals surface area contributed by atoms with Crippen molar-refractivity contribution in [1.29, 1.82) is 0 Å². The van der Waals surface area contributed by atoms with Gasteiger partial charge in [0.1, 0.15) is 0 Å². The van der Waals surface area contributed by atoms with Crippen LogP contribution in [0.4, 0.5) is 0 Å². The van der Waals surface area contributed by atoms with Gasteiger partial charge in [-0.25, -0.2) is 0 Å². The van der Waals surface area contributed by atoms with Crippen molar-refractivity contribution in [1.82, 2.24) is 0 Å². The van der Waals surface area contributed by atoms with E-state index in [9.17, 15) is 18.0 Å². The van der Waals surface area contributed by atoms with Crippen LogP contribution in [0.5, 0.6) is 0 Å². The SMILES string of the molecule is CCCCCCCCOCCCOC(=O)C(CC(=O)O)S(=O)(=O)O.[H-].[K+]. The molecule has 144 valence electrons. The summed E-state index contributed by atoms with van der Waals surface area (Å²) in [6, 6.07) is 0. The Labute approximate surface area is 193 Å². The number of carboxylic acids is 1. The van der Waals surface area contributed by atoms with Crippen molar-refractivity contribution < 1.29 is 90.0 Å². The molecule has 0 aromatic heterocycles. The zero-order valence-electron chi connectivity index (χ0n) is 16.1. The van der Waals surface area contributed by atoms with Gasteiger partial charge in [0.05, 0.1) is 13.0 Å². The predicted molar refractivity (Wildman–Crippen MR) is 88.5 cm³/mol. The molecule has 0 aliphatic heterocycles. The van der Waals surface area contributed by atoms with Gasteiger partial charge in [-0.2, -0.15) is 8.42 Å². The fraction of sp³-hybridized carbons (Fsp3) is 0.867. The monoisotopic (exact) mass is 408 g/mol. The number of hydrogen-bond donors (Lipinski definition) is 2. The van der Waals surface area contributed by atoms with E-state index in [0.29, 0.717) is 19.6 Å². The van der Waals surface area contributed by atoms with Crippen molar-refractivity contribution in [3.8, 4) is 0 Å². The van der Waals surface area contributed by atoms with Crippen LogP contribution in [0.2, 0.25) is 0 Å². The van der Waals surface area contributed by atoms with Crippen LogP contribution < -0.4 is 51.4 Å². The van der Waals surface area contributed by atoms with Gasteiger partial charge in [-0.15, -0.1) is 0 Å². The van der Waals surface area contributed by atoms with Crippen LogP contribution >= 0.6 is 0 Å². The Bertz CT molecular complexity index is 472. The number of ether oxygens (including phenoxy) is 2. The number of esters is 1. The average Bonchev–Trinajstić information content (AvgIpc) is 2.48. The molecule has 1 unspecified atom stereocenters. The minimum Gasteiger partial charge on any atom is -1.00 e. The number of rotatable bonds is 15. The van der Waals surface area contributed by atoms with E-state index in [2.05, 4.69) is 11.7 Å². The Morgan fingerprint density at radius 3 is 2.12 bits per heavy atom. The number of carboxylic acid groups (broad SMARTS) is 1. The molecule has 0 saturated heterocycles. The third-order valence-electron chi connectivity index (χ3n) is 3.30. The van der Waals surface area contributed by atoms with Gasteiger partial charge in [-0.1, -0.05) is 39.0 Å². The molecule has 0 aliphatic rings. The molecule has 0 fully saturated rings. The Morgan fingerprint density at radius 1 is 1.00 bits per heavy atom. The number of carbonyl (C=O) groups excluding carboxylic acids is 1. The summed E-state index contributed by atoms with van der Waals surface area (Å²) in [4.78, 5) is 22.0. The average molecular weight is 409 g/mol. The molecule has 0 radical (unpaired) electrons. The van der Waals surface area contributed by atoms with Crippen LogP contribution in [0.25, 0.3) is 0 Å². The molecule has 0 saturated carbocycles. The molecule has 0 aliphatic carbocycles. The zero-order chi connectivity index (χ0) is 18.4. The Morgan fingerprint density at radius 2 is 1.56 bits per heavy atom. The topological polar surface area (TPSA) is 127 Å². The molecule has 0 aromatic carbocycles. The number of aliphatic carboxylic acids is 1. The summed E-state index contributed by atoms with van der Waals surface area (Å²) in [6.07, 6.45) is 6.29. The Kier molecular flexibility index (Phi) is 18.4. The van der Waals surface area contributed by atoms with Gasteiger partial charge in [-0.05, 0) is 6.42 Å². The van der Waals surface area contributed by atoms with E-state index in [0.717, 1.165) is 12.8 Å². The molecule has 2 N–H and O–H groups in total. The summed E-state index contributed by atoms with van der Waals surface area (Å²) in [6.45, 7) is 3.04. The van der Waals surface area contributed by atoms with Gasteiger partial charge in [0, 0.05) is 19.6 Å². The van der Waals surface area contributed by atoms with Crippen molar-refractivity contribution in [3.05, 3.63) is 0 Å². The van der Waals surface area contributed by atoms with Crippen molar-refractivity contribution in [2.45, 2.75) is 63.5 Å². The summed E-state index contributed by atoms with van der Waals surface area (Å²) in [5.74, 6) is -2.78. The molecule has 0 heterocycles. The smallest absolute Gasteiger partial charge is 1.00 e. The summed E-state index contributed by atoms with van der Waals surface area (Å²) in [5.41, 5.74) is 0. The van der Waals surface area contributed by atoms with Crippen LogP contribution in [-0.2, 0) is 29.2 Å². The van der Waals surface area contributed by atoms with E-state index in [-0.39, 0.29) is 59.4 Å². The summed E-state index contributed by atoms with van der Waals surface area (Å²) >= 11 is 0. The van der Waals surface area contributed by atoms with E-state index in [4.69, 9.17) is 14.4 Å². The van der Waals surface area contributed by atoms with Gasteiger partial charge >= 0.3 is 63.3 Å². The van der Waals surface area contributed by atoms with Gasteiger partial charge in [0.25, 0.3) is 10.1 Å². The molecular weight excluding hydrogens is 379 g/mol. The van der Waals surface area contributed by atoms with Crippen molar-refractivity contribution in [2.24, 2.45) is 0 Å². The first-order chi connectivity index (χ1) is 11.3. The third-order valence-corrected chi connectivity index (χ3v) is 4.38. The quantitative estimate of drug-likeness (QED) is 0.155. The van der Waals surface area contributed by atoms with Crippen LogP contribution in [0.3, 0.4) is 0 Å². The second-order valence-electron chi connectivity index (χ2n) is 5.50. The van der Waals surface area contributed by atoms with Gasteiger partial charge in [0.2, 0.25) is 0 Å². The summed E-state index contributed by atoms with van der Waals surface area (Å²) < 4.78 is 40.9. The molecule has 0 spiro atoms. The predicted octanol–water partition coefficient (Wildman–Crippen LogP) is -0.856. The first kappa shape index (κ1) is 27.7. The second-order valence-corrected chi connectivity index (χ2v) is 7.10. The number of hydrogen-bond acceptors (Lipinski definition) is 6. The van der Waals surface area contributed by atoms with E-state index >= 15 is 0 Å². The van der Waals surface area contributed by atoms with Crippen molar-refractivity contribution in [3.63, 3.8) is 0 Å². The van der Waals surface area contributed by atoms with Crippen LogP contribution in [-0.4, -0.2) is 55.1 Å². The largest absolute Gasteiger partial charge is 1.00 e. The molecule has 0 amide bonds. The molecule has 0 rings (SSSR count). The summed E-state index contributed by atoms with van der Waals surface area (Å²) in [7, 11) is -4.81. The maximum absolute atomic E-state index is 11.5. The first-order valence-electron chi connectivity index (χ1n) is 8.21. The van der Waals surface area contributed by atoms with Crippen LogP contribution in [0.1, 0.15) is 59.7 Å². The van der Waals surface area contributed by atoms with Crippen LogP contribution in [0, 0.1) is 0 Å². The Balaban J connectivity index is -0.00000264. The fourth-order valence-corrected chi connectivity index (χ4v) is 2.65. The molecule has 0 bridgehead atoms. The molecule has 1 atom stereocenters. The zero-order valence-corrected chi connectivity index (χ0v) is 19.0. The number of unbranched alkanes of at least 4 members (excludes halogenated alkanes) is 5. The van der Waals surface area contributed by atoms with Crippen molar-refractivity contribution in [2.75, 3.05) is 19.8 Å². The minimum atomic E-state index is -4.81. The van der Waals surface area contributed by atoms with E-state index < -0.39 is 33.7 Å². The van der Waals surface area contributed by atoms with Crippen LogP contribution in [0.15, 0.2) is 0 Å². The molecule has 8 nitrogen and oxygen atoms in total. The van der Waals surface area contributed by atoms with Crippen molar-refractivity contribution >= 4 is 22.1 Å². The van der Waals surface area contributed by atoms with E-state index in [1.54, 1.807) is 0 Å².